The summed E-state index contributed by atoms with van der Waals surface area (Å²) in [4.78, 5) is -0.135. The van der Waals surface area contributed by atoms with Gasteiger partial charge in [0.05, 0.1) is 0 Å². The van der Waals surface area contributed by atoms with Crippen molar-refractivity contribution in [1.82, 2.24) is 4.72 Å². The summed E-state index contributed by atoms with van der Waals surface area (Å²) in [5.41, 5.74) is 0.781. The van der Waals surface area contributed by atoms with Gasteiger partial charge in [-0.25, -0.2) is 13.1 Å². The Kier molecular flexibility index (Phi) is 4.09. The van der Waals surface area contributed by atoms with Crippen LogP contribution in [0.4, 0.5) is 0 Å². The molecule has 0 spiro atoms. The summed E-state index contributed by atoms with van der Waals surface area (Å²) in [6.07, 6.45) is 0. The Hall–Kier alpha value is -1.56. The van der Waals surface area contributed by atoms with Crippen LogP contribution in [0, 0.1) is 0 Å². The Labute approximate surface area is 116 Å². The lowest BCUT2D eigenvalue weighted by Gasteiger charge is -2.08. The molecule has 2 N–H and O–H groups in total. The van der Waals surface area contributed by atoms with Crippen molar-refractivity contribution in [2.75, 3.05) is 0 Å². The molecule has 0 aliphatic carbocycles. The van der Waals surface area contributed by atoms with Crippen LogP contribution >= 0.6 is 11.6 Å². The molecule has 2 rings (SSSR count). The zero-order valence-corrected chi connectivity index (χ0v) is 11.4. The van der Waals surface area contributed by atoms with Gasteiger partial charge in [-0.3, -0.25) is 0 Å². The number of hydrogen-bond donors (Lipinski definition) is 2. The standard InChI is InChI=1S/C13H12ClNO3S/c14-11-7-5-10(6-8-11)9-15-19(17,18)13-4-2-1-3-12(13)16/h1-8,15-16H,9H2. The van der Waals surface area contributed by atoms with E-state index >= 15 is 0 Å². The van der Waals surface area contributed by atoms with Gasteiger partial charge in [-0.2, -0.15) is 0 Å². The van der Waals surface area contributed by atoms with E-state index in [1.165, 1.54) is 12.1 Å². The predicted octanol–water partition coefficient (Wildman–Crippen LogP) is 2.52. The molecule has 6 heteroatoms. The van der Waals surface area contributed by atoms with Gasteiger partial charge in [-0.1, -0.05) is 35.9 Å². The molecule has 0 fully saturated rings. The van der Waals surface area contributed by atoms with Gasteiger partial charge in [0.15, 0.2) is 0 Å². The second kappa shape index (κ2) is 5.61. The molecule has 0 aliphatic heterocycles. The third kappa shape index (κ3) is 3.47. The van der Waals surface area contributed by atoms with Crippen molar-refractivity contribution < 1.29 is 13.5 Å². The van der Waals surface area contributed by atoms with Crippen LogP contribution in [-0.4, -0.2) is 13.5 Å². The number of para-hydroxylation sites is 1. The van der Waals surface area contributed by atoms with Gasteiger partial charge in [0, 0.05) is 11.6 Å². The van der Waals surface area contributed by atoms with Crippen molar-refractivity contribution in [1.29, 1.82) is 0 Å². The molecule has 0 radical (unpaired) electrons. The lowest BCUT2D eigenvalue weighted by atomic mass is 10.2. The van der Waals surface area contributed by atoms with Crippen LogP contribution in [-0.2, 0) is 16.6 Å². The Morgan fingerprint density at radius 1 is 1.05 bits per heavy atom. The molecule has 0 amide bonds. The summed E-state index contributed by atoms with van der Waals surface area (Å²) in [5.74, 6) is -0.272. The van der Waals surface area contributed by atoms with E-state index in [0.29, 0.717) is 5.02 Å². The first-order valence-electron chi connectivity index (χ1n) is 5.51. The Bertz CT molecular complexity index is 669. The molecule has 2 aromatic carbocycles. The lowest BCUT2D eigenvalue weighted by Crippen LogP contribution is -2.23. The van der Waals surface area contributed by atoms with E-state index in [4.69, 9.17) is 11.6 Å². The van der Waals surface area contributed by atoms with Crippen molar-refractivity contribution in [2.24, 2.45) is 0 Å². The maximum atomic E-state index is 12.0. The molecular weight excluding hydrogens is 286 g/mol. The first kappa shape index (κ1) is 13.9. The monoisotopic (exact) mass is 297 g/mol. The number of hydrogen-bond acceptors (Lipinski definition) is 3. The Balaban J connectivity index is 2.14. The number of sulfonamides is 1. The fraction of sp³-hybridized carbons (Fsp3) is 0.0769. The van der Waals surface area contributed by atoms with E-state index in [2.05, 4.69) is 4.72 Å². The largest absolute Gasteiger partial charge is 0.507 e. The van der Waals surface area contributed by atoms with E-state index in [1.54, 1.807) is 36.4 Å². The van der Waals surface area contributed by atoms with E-state index in [0.717, 1.165) is 5.56 Å². The van der Waals surface area contributed by atoms with Crippen molar-refractivity contribution in [3.05, 3.63) is 59.1 Å². The van der Waals surface area contributed by atoms with Gasteiger partial charge in [-0.15, -0.1) is 0 Å². The van der Waals surface area contributed by atoms with Crippen molar-refractivity contribution in [3.8, 4) is 5.75 Å². The van der Waals surface area contributed by atoms with Crippen LogP contribution in [0.15, 0.2) is 53.4 Å². The van der Waals surface area contributed by atoms with Gasteiger partial charge >= 0.3 is 0 Å². The highest BCUT2D eigenvalue weighted by Gasteiger charge is 2.17. The second-order valence-electron chi connectivity index (χ2n) is 3.92. The maximum Gasteiger partial charge on any atom is 0.244 e. The summed E-state index contributed by atoms with van der Waals surface area (Å²) >= 11 is 5.75. The summed E-state index contributed by atoms with van der Waals surface area (Å²) in [6, 6.07) is 12.6. The van der Waals surface area contributed by atoms with E-state index < -0.39 is 10.0 Å². The minimum absolute atomic E-state index is 0.133. The maximum absolute atomic E-state index is 12.0. The minimum Gasteiger partial charge on any atom is -0.507 e. The highest BCUT2D eigenvalue weighted by molar-refractivity contribution is 7.89. The molecule has 100 valence electrons. The molecule has 0 saturated heterocycles. The van der Waals surface area contributed by atoms with Crippen molar-refractivity contribution >= 4 is 21.6 Å². The zero-order valence-electron chi connectivity index (χ0n) is 9.88. The zero-order chi connectivity index (χ0) is 13.9. The van der Waals surface area contributed by atoms with E-state index in [9.17, 15) is 13.5 Å². The first-order valence-corrected chi connectivity index (χ1v) is 7.37. The van der Waals surface area contributed by atoms with Crippen molar-refractivity contribution in [2.45, 2.75) is 11.4 Å². The average molecular weight is 298 g/mol. The van der Waals surface area contributed by atoms with Crippen LogP contribution in [0.1, 0.15) is 5.56 Å². The Morgan fingerprint density at radius 2 is 1.68 bits per heavy atom. The number of nitrogens with one attached hydrogen (secondary N) is 1. The highest BCUT2D eigenvalue weighted by Crippen LogP contribution is 2.21. The highest BCUT2D eigenvalue weighted by atomic mass is 35.5. The number of halogens is 1. The molecule has 0 bridgehead atoms. The summed E-state index contributed by atoms with van der Waals surface area (Å²) in [7, 11) is -3.73. The van der Waals surface area contributed by atoms with Gasteiger partial charge in [0.2, 0.25) is 10.0 Å². The molecule has 0 atom stereocenters. The SMILES string of the molecule is O=S(=O)(NCc1ccc(Cl)cc1)c1ccccc1O. The molecule has 0 unspecified atom stereocenters. The number of phenols is 1. The van der Waals surface area contributed by atoms with Crippen LogP contribution in [0.3, 0.4) is 0 Å². The van der Waals surface area contributed by atoms with Crippen molar-refractivity contribution in [3.63, 3.8) is 0 Å². The fourth-order valence-electron chi connectivity index (χ4n) is 1.54. The normalized spacial score (nSPS) is 11.4. The number of benzene rings is 2. The predicted molar refractivity (Wildman–Crippen MR) is 73.6 cm³/mol. The van der Waals surface area contributed by atoms with E-state index in [-0.39, 0.29) is 17.2 Å². The molecule has 2 aromatic rings. The van der Waals surface area contributed by atoms with Crippen LogP contribution in [0.5, 0.6) is 5.75 Å². The smallest absolute Gasteiger partial charge is 0.244 e. The van der Waals surface area contributed by atoms with Gasteiger partial charge in [0.25, 0.3) is 0 Å². The quantitative estimate of drug-likeness (QED) is 0.911. The number of phenolic OH excluding ortho intramolecular Hbond substituents is 1. The number of aromatic hydroxyl groups is 1. The molecule has 0 aromatic heterocycles. The first-order chi connectivity index (χ1) is 8.99. The third-order valence-corrected chi connectivity index (χ3v) is 4.23. The molecule has 4 nitrogen and oxygen atoms in total. The fourth-order valence-corrected chi connectivity index (χ4v) is 2.78. The van der Waals surface area contributed by atoms with Gasteiger partial charge in [0.1, 0.15) is 10.6 Å². The van der Waals surface area contributed by atoms with E-state index in [1.807, 2.05) is 0 Å². The lowest BCUT2D eigenvalue weighted by molar-refractivity contribution is 0.458. The summed E-state index contributed by atoms with van der Waals surface area (Å²) < 4.78 is 26.4. The number of rotatable bonds is 4. The molecule has 0 heterocycles. The summed E-state index contributed by atoms with van der Waals surface area (Å²) in [6.45, 7) is 0.133. The Morgan fingerprint density at radius 3 is 2.32 bits per heavy atom. The summed E-state index contributed by atoms with van der Waals surface area (Å²) in [5, 5.41) is 10.1. The van der Waals surface area contributed by atoms with Gasteiger partial charge in [-0.05, 0) is 29.8 Å². The average Bonchev–Trinajstić information content (AvgIpc) is 2.38. The third-order valence-electron chi connectivity index (χ3n) is 2.53. The topological polar surface area (TPSA) is 66.4 Å². The van der Waals surface area contributed by atoms with Crippen LogP contribution < -0.4 is 4.72 Å². The molecule has 0 aliphatic rings. The molecule has 0 saturated carbocycles. The van der Waals surface area contributed by atoms with Crippen LogP contribution in [0.2, 0.25) is 5.02 Å². The van der Waals surface area contributed by atoms with Crippen LogP contribution in [0.25, 0.3) is 0 Å². The molecule has 19 heavy (non-hydrogen) atoms. The van der Waals surface area contributed by atoms with Gasteiger partial charge < -0.3 is 5.11 Å². The minimum atomic E-state index is -3.73. The molecular formula is C13H12ClNO3S. The second-order valence-corrected chi connectivity index (χ2v) is 6.09.